The summed E-state index contributed by atoms with van der Waals surface area (Å²) in [5.74, 6) is 0.340. The zero-order chi connectivity index (χ0) is 12.8. The van der Waals surface area contributed by atoms with E-state index in [4.69, 9.17) is 5.11 Å². The molecule has 2 N–H and O–H groups in total. The Morgan fingerprint density at radius 2 is 1.67 bits per heavy atom. The van der Waals surface area contributed by atoms with E-state index in [0.29, 0.717) is 5.75 Å². The van der Waals surface area contributed by atoms with Gasteiger partial charge in [-0.25, -0.2) is 0 Å². The van der Waals surface area contributed by atoms with Gasteiger partial charge in [-0.15, -0.1) is 0 Å². The largest absolute Gasteiger partial charge is 0.508 e. The van der Waals surface area contributed by atoms with Crippen LogP contribution in [0.1, 0.15) is 12.5 Å². The van der Waals surface area contributed by atoms with Crippen molar-refractivity contribution in [2.75, 3.05) is 0 Å². The molecule has 0 spiro atoms. The van der Waals surface area contributed by atoms with Gasteiger partial charge in [-0.1, -0.05) is 37.3 Å². The Balaban J connectivity index is 0.000000134. The normalized spacial score (nSPS) is 9.83. The Labute approximate surface area is 107 Å². The first-order valence-corrected chi connectivity index (χ1v) is 6.09. The predicted molar refractivity (Wildman–Crippen MR) is 75.8 cm³/mol. The van der Waals surface area contributed by atoms with E-state index >= 15 is 0 Å². The summed E-state index contributed by atoms with van der Waals surface area (Å²) >= 11 is 0. The van der Waals surface area contributed by atoms with Crippen LogP contribution in [0, 0.1) is 0 Å². The summed E-state index contributed by atoms with van der Waals surface area (Å²) in [5.41, 5.74) is 2.46. The number of aromatic hydroxyl groups is 1. The highest BCUT2D eigenvalue weighted by molar-refractivity contribution is 5.78. The average molecular weight is 239 g/mol. The lowest BCUT2D eigenvalue weighted by atomic mass is 10.2. The predicted octanol–water partition coefficient (Wildman–Crippen LogP) is 4.12. The number of rotatable bonds is 1. The van der Waals surface area contributed by atoms with Crippen LogP contribution in [-0.2, 0) is 6.42 Å². The first-order valence-electron chi connectivity index (χ1n) is 6.09. The van der Waals surface area contributed by atoms with E-state index in [9.17, 15) is 0 Å². The zero-order valence-electron chi connectivity index (χ0n) is 10.4. The van der Waals surface area contributed by atoms with Crippen molar-refractivity contribution in [1.29, 1.82) is 0 Å². The number of aromatic amines is 1. The summed E-state index contributed by atoms with van der Waals surface area (Å²) in [5, 5.41) is 10.1. The molecule has 2 aromatic carbocycles. The SMILES string of the molecule is CCc1ccc(O)cc1.c1ccc2[nH]ccc2c1. The highest BCUT2D eigenvalue weighted by Crippen LogP contribution is 2.09. The standard InChI is InChI=1S/C8H7N.C8H10O/c1-2-4-8-7(3-1)5-6-9-8;1-2-7-3-5-8(9)6-4-7/h1-6,9H;3-6,9H,2H2,1H3. The Kier molecular flexibility index (Phi) is 4.02. The van der Waals surface area contributed by atoms with Crippen LogP contribution < -0.4 is 0 Å². The lowest BCUT2D eigenvalue weighted by Crippen LogP contribution is -1.75. The summed E-state index contributed by atoms with van der Waals surface area (Å²) in [4.78, 5) is 3.12. The maximum Gasteiger partial charge on any atom is 0.115 e. The number of benzene rings is 2. The average Bonchev–Trinajstić information content (AvgIpc) is 2.89. The highest BCUT2D eigenvalue weighted by atomic mass is 16.3. The fraction of sp³-hybridized carbons (Fsp3) is 0.125. The second kappa shape index (κ2) is 5.92. The van der Waals surface area contributed by atoms with E-state index in [1.807, 2.05) is 30.5 Å². The number of fused-ring (bicyclic) bond motifs is 1. The molecule has 0 bridgehead atoms. The Morgan fingerprint density at radius 3 is 2.33 bits per heavy atom. The summed E-state index contributed by atoms with van der Waals surface area (Å²) in [6.45, 7) is 2.09. The van der Waals surface area contributed by atoms with Gasteiger partial charge in [0.25, 0.3) is 0 Å². The first kappa shape index (κ1) is 12.2. The van der Waals surface area contributed by atoms with E-state index in [-0.39, 0.29) is 0 Å². The number of H-pyrrole nitrogens is 1. The number of hydrogen-bond donors (Lipinski definition) is 2. The van der Waals surface area contributed by atoms with Gasteiger partial charge in [0.1, 0.15) is 5.75 Å². The van der Waals surface area contributed by atoms with Gasteiger partial charge >= 0.3 is 0 Å². The lowest BCUT2D eigenvalue weighted by molar-refractivity contribution is 0.475. The van der Waals surface area contributed by atoms with Gasteiger partial charge < -0.3 is 10.1 Å². The molecule has 0 amide bonds. The van der Waals surface area contributed by atoms with Crippen LogP contribution in [0.2, 0.25) is 0 Å². The van der Waals surface area contributed by atoms with E-state index < -0.39 is 0 Å². The third-order valence-corrected chi connectivity index (χ3v) is 2.81. The number of aromatic nitrogens is 1. The molecule has 0 aliphatic carbocycles. The number of phenols is 1. The monoisotopic (exact) mass is 239 g/mol. The maximum atomic E-state index is 8.85. The van der Waals surface area contributed by atoms with Gasteiger partial charge in [-0.05, 0) is 41.6 Å². The summed E-state index contributed by atoms with van der Waals surface area (Å²) in [6, 6.07) is 17.5. The van der Waals surface area contributed by atoms with Gasteiger partial charge in [0.2, 0.25) is 0 Å². The third-order valence-electron chi connectivity index (χ3n) is 2.81. The number of phenolic OH excluding ortho intramolecular Hbond substituents is 1. The highest BCUT2D eigenvalue weighted by Gasteiger charge is 1.87. The molecule has 0 aliphatic rings. The van der Waals surface area contributed by atoms with Gasteiger partial charge in [-0.3, -0.25) is 0 Å². The smallest absolute Gasteiger partial charge is 0.115 e. The van der Waals surface area contributed by atoms with E-state index in [1.165, 1.54) is 16.5 Å². The fourth-order valence-electron chi connectivity index (χ4n) is 1.73. The van der Waals surface area contributed by atoms with Crippen LogP contribution in [0.4, 0.5) is 0 Å². The van der Waals surface area contributed by atoms with Gasteiger partial charge in [-0.2, -0.15) is 0 Å². The summed E-state index contributed by atoms with van der Waals surface area (Å²) in [6.07, 6.45) is 2.98. The quantitative estimate of drug-likeness (QED) is 0.658. The first-order chi connectivity index (χ1) is 8.79. The van der Waals surface area contributed by atoms with Crippen molar-refractivity contribution in [3.63, 3.8) is 0 Å². The van der Waals surface area contributed by atoms with Crippen molar-refractivity contribution >= 4 is 10.9 Å². The molecule has 0 saturated heterocycles. The van der Waals surface area contributed by atoms with E-state index in [1.54, 1.807) is 12.1 Å². The molecule has 2 heteroatoms. The van der Waals surface area contributed by atoms with Gasteiger partial charge in [0.15, 0.2) is 0 Å². The molecular weight excluding hydrogens is 222 g/mol. The van der Waals surface area contributed by atoms with Crippen molar-refractivity contribution in [3.8, 4) is 5.75 Å². The minimum Gasteiger partial charge on any atom is -0.508 e. The Hall–Kier alpha value is -2.22. The zero-order valence-corrected chi connectivity index (χ0v) is 10.4. The Morgan fingerprint density at radius 1 is 0.944 bits per heavy atom. The van der Waals surface area contributed by atoms with Gasteiger partial charge in [0.05, 0.1) is 0 Å². The van der Waals surface area contributed by atoms with Crippen LogP contribution in [0.3, 0.4) is 0 Å². The van der Waals surface area contributed by atoms with Crippen molar-refractivity contribution in [1.82, 2.24) is 4.98 Å². The topological polar surface area (TPSA) is 36.0 Å². The van der Waals surface area contributed by atoms with Crippen molar-refractivity contribution in [2.24, 2.45) is 0 Å². The van der Waals surface area contributed by atoms with Crippen LogP contribution >= 0.6 is 0 Å². The lowest BCUT2D eigenvalue weighted by Gasteiger charge is -1.93. The maximum absolute atomic E-state index is 8.85. The van der Waals surface area contributed by atoms with Crippen LogP contribution in [0.25, 0.3) is 10.9 Å². The van der Waals surface area contributed by atoms with E-state index in [2.05, 4.69) is 30.1 Å². The minimum absolute atomic E-state index is 0.340. The van der Waals surface area contributed by atoms with Gasteiger partial charge in [0, 0.05) is 11.7 Å². The van der Waals surface area contributed by atoms with Crippen molar-refractivity contribution in [3.05, 3.63) is 66.4 Å². The summed E-state index contributed by atoms with van der Waals surface area (Å²) < 4.78 is 0. The molecule has 0 atom stereocenters. The summed E-state index contributed by atoms with van der Waals surface area (Å²) in [7, 11) is 0. The molecular formula is C16H17NO. The number of para-hydroxylation sites is 1. The number of aryl methyl sites for hydroxylation is 1. The second-order valence-electron chi connectivity index (χ2n) is 4.08. The Bertz CT molecular complexity index is 566. The second-order valence-corrected chi connectivity index (χ2v) is 4.08. The van der Waals surface area contributed by atoms with Crippen LogP contribution in [0.5, 0.6) is 5.75 Å². The molecule has 0 unspecified atom stereocenters. The molecule has 0 saturated carbocycles. The molecule has 0 fully saturated rings. The number of nitrogens with one attached hydrogen (secondary N) is 1. The number of hydrogen-bond acceptors (Lipinski definition) is 1. The third kappa shape index (κ3) is 3.14. The molecule has 3 rings (SSSR count). The van der Waals surface area contributed by atoms with Crippen LogP contribution in [-0.4, -0.2) is 10.1 Å². The van der Waals surface area contributed by atoms with Crippen LogP contribution in [0.15, 0.2) is 60.8 Å². The fourth-order valence-corrected chi connectivity index (χ4v) is 1.73. The molecule has 3 aromatic rings. The molecule has 18 heavy (non-hydrogen) atoms. The van der Waals surface area contributed by atoms with Crippen molar-refractivity contribution < 1.29 is 5.11 Å². The molecule has 0 aliphatic heterocycles. The molecule has 1 aromatic heterocycles. The van der Waals surface area contributed by atoms with E-state index in [0.717, 1.165) is 6.42 Å². The molecule has 2 nitrogen and oxygen atoms in total. The minimum atomic E-state index is 0.340. The molecule has 92 valence electrons. The van der Waals surface area contributed by atoms with Crippen molar-refractivity contribution in [2.45, 2.75) is 13.3 Å². The molecule has 0 radical (unpaired) electrons. The molecule has 1 heterocycles.